The molecule has 0 radical (unpaired) electrons. The number of terminal acetylenes is 1. The molecule has 2 aliphatic rings. The molecule has 1 aliphatic heterocycles. The van der Waals surface area contributed by atoms with Gasteiger partial charge in [-0.2, -0.15) is 13.2 Å². The van der Waals surface area contributed by atoms with Gasteiger partial charge in [-0.15, -0.1) is 23.3 Å². The summed E-state index contributed by atoms with van der Waals surface area (Å²) >= 11 is 1.40. The molecule has 0 bridgehead atoms. The number of hydrogen-bond donors (Lipinski definition) is 4. The van der Waals surface area contributed by atoms with E-state index in [0.29, 0.717) is 34.6 Å². The number of anilines is 2. The highest BCUT2D eigenvalue weighted by Crippen LogP contribution is 2.54. The average Bonchev–Trinajstić information content (AvgIpc) is 3.40. The van der Waals surface area contributed by atoms with Crippen LogP contribution in [0.2, 0.25) is 0 Å². The van der Waals surface area contributed by atoms with Crippen LogP contribution >= 0.6 is 11.3 Å². The van der Waals surface area contributed by atoms with E-state index in [1.165, 1.54) is 29.8 Å². The Morgan fingerprint density at radius 3 is 2.60 bits per heavy atom. The number of aromatic nitrogens is 2. The summed E-state index contributed by atoms with van der Waals surface area (Å²) < 4.78 is 69.1. The summed E-state index contributed by atoms with van der Waals surface area (Å²) in [5, 5.41) is 8.39. The lowest BCUT2D eigenvalue weighted by atomic mass is 9.96. The van der Waals surface area contributed by atoms with Gasteiger partial charge in [0.25, 0.3) is 0 Å². The molecule has 6 rings (SSSR count). The zero-order valence-corrected chi connectivity index (χ0v) is 26.6. The fourth-order valence-corrected chi connectivity index (χ4v) is 7.09. The zero-order chi connectivity index (χ0) is 32.4. The standard InChI is InChI=1S/C31H32F3N7O2S2/c1-6-18-14-35-27-21(25(18)36-16-29(2,3)4)12-19(13-24(27)45(5,42)43)38-26(20-8-7-9-22-28(20)44-17-37-22)23-15-41(40-39-23)30(10-11-30)31(32,33)34/h1,7-9,12-15,17,26,38-40H,10-11,16H2,2-5H3,(H,35,36)/t26-/m0/s1. The molecule has 0 spiro atoms. The maximum absolute atomic E-state index is 14.0. The smallest absolute Gasteiger partial charge is 0.383 e. The molecular formula is C31H32F3N7O2S2. The van der Waals surface area contributed by atoms with E-state index < -0.39 is 27.6 Å². The molecule has 1 aliphatic carbocycles. The van der Waals surface area contributed by atoms with Crippen molar-refractivity contribution >= 4 is 53.7 Å². The van der Waals surface area contributed by atoms with E-state index in [4.69, 9.17) is 6.42 Å². The lowest BCUT2D eigenvalue weighted by Gasteiger charge is -2.28. The number of nitrogens with zero attached hydrogens (tertiary/aromatic N) is 3. The number of fused-ring (bicyclic) bond motifs is 2. The zero-order valence-electron chi connectivity index (χ0n) is 25.0. The Hall–Kier alpha value is -4.06. The first kappa shape index (κ1) is 30.9. The minimum atomic E-state index is -4.44. The molecule has 14 heteroatoms. The number of pyridine rings is 1. The summed E-state index contributed by atoms with van der Waals surface area (Å²) in [5.74, 6) is 2.64. The Bertz CT molecular complexity index is 1990. The van der Waals surface area contributed by atoms with Crippen LogP contribution in [0.15, 0.2) is 58.8 Å². The first-order valence-electron chi connectivity index (χ1n) is 14.2. The molecule has 4 N–H and O–H groups in total. The number of rotatable bonds is 8. The van der Waals surface area contributed by atoms with Gasteiger partial charge in [-0.1, -0.05) is 38.8 Å². The largest absolute Gasteiger partial charge is 0.413 e. The maximum Gasteiger partial charge on any atom is 0.413 e. The van der Waals surface area contributed by atoms with E-state index >= 15 is 0 Å². The van der Waals surface area contributed by atoms with E-state index in [9.17, 15) is 21.6 Å². The Balaban J connectivity index is 1.52. The van der Waals surface area contributed by atoms with Gasteiger partial charge < -0.3 is 16.1 Å². The monoisotopic (exact) mass is 655 g/mol. The van der Waals surface area contributed by atoms with Crippen molar-refractivity contribution in [3.05, 3.63) is 65.1 Å². The Kier molecular flexibility index (Phi) is 7.42. The van der Waals surface area contributed by atoms with E-state index in [1.54, 1.807) is 11.6 Å². The van der Waals surface area contributed by atoms with Crippen LogP contribution in [0.3, 0.4) is 0 Å². The molecule has 9 nitrogen and oxygen atoms in total. The molecule has 1 atom stereocenters. The molecular weight excluding hydrogens is 624 g/mol. The third-order valence-corrected chi connectivity index (χ3v) is 9.91. The van der Waals surface area contributed by atoms with Crippen molar-refractivity contribution in [2.75, 3.05) is 23.4 Å². The van der Waals surface area contributed by atoms with Gasteiger partial charge in [0.2, 0.25) is 0 Å². The molecule has 0 unspecified atom stereocenters. The van der Waals surface area contributed by atoms with Gasteiger partial charge in [-0.05, 0) is 42.0 Å². The molecule has 3 heterocycles. The first-order valence-corrected chi connectivity index (χ1v) is 16.9. The van der Waals surface area contributed by atoms with Crippen LogP contribution in [-0.2, 0) is 9.84 Å². The molecule has 2 aromatic heterocycles. The topological polar surface area (TPSA) is 111 Å². The van der Waals surface area contributed by atoms with E-state index in [1.807, 2.05) is 18.2 Å². The third kappa shape index (κ3) is 5.76. The first-order chi connectivity index (χ1) is 21.1. The number of nitrogens with one attached hydrogen (secondary N) is 4. The third-order valence-electron chi connectivity index (χ3n) is 7.91. The summed E-state index contributed by atoms with van der Waals surface area (Å²) in [6.45, 7) is 6.72. The van der Waals surface area contributed by atoms with Crippen molar-refractivity contribution in [2.45, 2.75) is 56.3 Å². The number of hydrazine groups is 2. The van der Waals surface area contributed by atoms with Crippen molar-refractivity contribution < 1.29 is 21.6 Å². The molecule has 4 aromatic rings. The fourth-order valence-electron chi connectivity index (χ4n) is 5.40. The van der Waals surface area contributed by atoms with Gasteiger partial charge in [0.05, 0.1) is 49.1 Å². The SMILES string of the molecule is C#Cc1cnc2c(S(C)(=O)=O)cc(N[C@H](C3=CN(C4(C(F)(F)F)CC4)NN3)c3cccc4ncsc34)cc2c1NCC(C)(C)C. The van der Waals surface area contributed by atoms with Crippen LogP contribution in [0, 0.1) is 17.8 Å². The van der Waals surface area contributed by atoms with Gasteiger partial charge in [0.15, 0.2) is 15.4 Å². The molecule has 1 saturated carbocycles. The summed E-state index contributed by atoms with van der Waals surface area (Å²) in [4.78, 5) is 8.84. The predicted molar refractivity (Wildman–Crippen MR) is 171 cm³/mol. The molecule has 0 amide bonds. The second kappa shape index (κ2) is 10.8. The van der Waals surface area contributed by atoms with Crippen LogP contribution in [-0.4, -0.2) is 47.9 Å². The minimum Gasteiger partial charge on any atom is -0.383 e. The number of alkyl halides is 3. The predicted octanol–water partition coefficient (Wildman–Crippen LogP) is 6.10. The van der Waals surface area contributed by atoms with Gasteiger partial charge in [0.1, 0.15) is 0 Å². The van der Waals surface area contributed by atoms with Crippen molar-refractivity contribution in [2.24, 2.45) is 5.41 Å². The average molecular weight is 656 g/mol. The lowest BCUT2D eigenvalue weighted by Crippen LogP contribution is -2.52. The van der Waals surface area contributed by atoms with Gasteiger partial charge >= 0.3 is 6.18 Å². The fraction of sp³-hybridized carbons (Fsp3) is 0.355. The van der Waals surface area contributed by atoms with Gasteiger partial charge in [-0.3, -0.25) is 9.99 Å². The van der Waals surface area contributed by atoms with Crippen LogP contribution in [0.1, 0.15) is 50.8 Å². The van der Waals surface area contributed by atoms with E-state index in [0.717, 1.165) is 27.0 Å². The number of halogens is 3. The second-order valence-electron chi connectivity index (χ2n) is 12.6. The van der Waals surface area contributed by atoms with Crippen LogP contribution in [0.4, 0.5) is 24.5 Å². The number of thiazole rings is 1. The number of benzene rings is 2. The Labute approximate surface area is 263 Å². The quantitative estimate of drug-likeness (QED) is 0.167. The van der Waals surface area contributed by atoms with Crippen LogP contribution < -0.4 is 21.6 Å². The van der Waals surface area contributed by atoms with Crippen molar-refractivity contribution in [1.29, 1.82) is 0 Å². The summed E-state index contributed by atoms with van der Waals surface area (Å²) in [6, 6.07) is 8.08. The van der Waals surface area contributed by atoms with Crippen LogP contribution in [0.25, 0.3) is 21.1 Å². The van der Waals surface area contributed by atoms with Gasteiger partial charge in [-0.25, -0.2) is 13.4 Å². The summed E-state index contributed by atoms with van der Waals surface area (Å²) in [5.41, 5.74) is 8.80. The van der Waals surface area contributed by atoms with Gasteiger partial charge in [0, 0.05) is 36.3 Å². The Morgan fingerprint density at radius 1 is 1.20 bits per heavy atom. The highest BCUT2D eigenvalue weighted by molar-refractivity contribution is 7.91. The summed E-state index contributed by atoms with van der Waals surface area (Å²) in [7, 11) is -3.78. The molecule has 1 fully saturated rings. The van der Waals surface area contributed by atoms with Crippen LogP contribution in [0.5, 0.6) is 0 Å². The molecule has 45 heavy (non-hydrogen) atoms. The summed E-state index contributed by atoms with van der Waals surface area (Å²) in [6.07, 6.45) is 5.34. The van der Waals surface area contributed by atoms with E-state index in [2.05, 4.69) is 58.3 Å². The number of hydrogen-bond acceptors (Lipinski definition) is 10. The maximum atomic E-state index is 14.0. The second-order valence-corrected chi connectivity index (χ2v) is 15.4. The lowest BCUT2D eigenvalue weighted by molar-refractivity contribution is -0.195. The highest BCUT2D eigenvalue weighted by atomic mass is 32.2. The molecule has 0 saturated heterocycles. The van der Waals surface area contributed by atoms with E-state index in [-0.39, 0.29) is 28.7 Å². The molecule has 2 aromatic carbocycles. The molecule has 236 valence electrons. The van der Waals surface area contributed by atoms with Crippen molar-refractivity contribution in [3.8, 4) is 12.3 Å². The number of sulfone groups is 1. The highest BCUT2D eigenvalue weighted by Gasteiger charge is 2.67. The van der Waals surface area contributed by atoms with Crippen molar-refractivity contribution in [3.63, 3.8) is 0 Å². The Morgan fingerprint density at radius 2 is 1.96 bits per heavy atom. The minimum absolute atomic E-state index is 0.0123. The van der Waals surface area contributed by atoms with Crippen molar-refractivity contribution in [1.82, 2.24) is 25.9 Å². The normalized spacial score (nSPS) is 17.1.